The number of aliphatic carboxylic acids is 2. The van der Waals surface area contributed by atoms with Gasteiger partial charge in [0, 0.05) is 45.7 Å². The summed E-state index contributed by atoms with van der Waals surface area (Å²) in [6, 6.07) is 1.71. The number of carbonyl (C=O) groups is 2. The van der Waals surface area contributed by atoms with Crippen molar-refractivity contribution in [2.75, 3.05) is 38.7 Å². The van der Waals surface area contributed by atoms with Crippen molar-refractivity contribution < 1.29 is 29.3 Å². The predicted molar refractivity (Wildman–Crippen MR) is 86.3 cm³/mol. The topological polar surface area (TPSA) is 143 Å². The molecule has 0 aromatic carbocycles. The summed E-state index contributed by atoms with van der Waals surface area (Å²) < 4.78 is 10.6. The van der Waals surface area contributed by atoms with Gasteiger partial charge in [0.15, 0.2) is 0 Å². The molecule has 0 spiro atoms. The lowest BCUT2D eigenvalue weighted by molar-refractivity contribution is -0.135. The fraction of sp³-hybridized carbons (Fsp3) is 0.571. The molecule has 0 bridgehead atoms. The van der Waals surface area contributed by atoms with E-state index in [4.69, 9.17) is 29.3 Å². The maximum absolute atomic E-state index is 9.00. The number of nitrogens with zero attached hydrogens (tertiary/aromatic N) is 2. The number of rotatable bonds is 4. The lowest BCUT2D eigenvalue weighted by Gasteiger charge is -2.23. The van der Waals surface area contributed by atoms with Crippen LogP contribution in [0.3, 0.4) is 0 Å². The lowest BCUT2D eigenvalue weighted by atomic mass is 10.3. The molecule has 1 aliphatic heterocycles. The Kier molecular flexibility index (Phi) is 11.7. The number of carboxylic acids is 2. The largest absolute Gasteiger partial charge is 0.481 e. The van der Waals surface area contributed by atoms with Crippen molar-refractivity contribution in [3.8, 4) is 5.88 Å². The van der Waals surface area contributed by atoms with Gasteiger partial charge in [0.25, 0.3) is 11.9 Å². The fourth-order valence-corrected chi connectivity index (χ4v) is 1.50. The van der Waals surface area contributed by atoms with E-state index >= 15 is 0 Å². The van der Waals surface area contributed by atoms with Crippen molar-refractivity contribution in [3.63, 3.8) is 0 Å². The number of methoxy groups -OCH3 is 1. The summed E-state index contributed by atoms with van der Waals surface area (Å²) in [7, 11) is 1.58. The number of anilines is 1. The van der Waals surface area contributed by atoms with Crippen LogP contribution in [-0.4, -0.2) is 71.6 Å². The Labute approximate surface area is 140 Å². The Morgan fingerprint density at radius 3 is 2.54 bits per heavy atom. The summed E-state index contributed by atoms with van der Waals surface area (Å²) >= 11 is 0. The molecule has 0 amide bonds. The summed E-state index contributed by atoms with van der Waals surface area (Å²) in [5.41, 5.74) is 0. The second-order valence-corrected chi connectivity index (χ2v) is 4.54. The smallest absolute Gasteiger partial charge is 0.300 e. The third-order valence-corrected chi connectivity index (χ3v) is 2.33. The summed E-state index contributed by atoms with van der Waals surface area (Å²) in [5.74, 6) is -0.547. The minimum absolute atomic E-state index is 0.170. The number of hydrogen-bond donors (Lipinski definition) is 4. The van der Waals surface area contributed by atoms with E-state index < -0.39 is 11.9 Å². The van der Waals surface area contributed by atoms with Crippen molar-refractivity contribution in [3.05, 3.63) is 12.3 Å². The van der Waals surface area contributed by atoms with E-state index in [2.05, 4.69) is 20.6 Å². The van der Waals surface area contributed by atoms with Crippen molar-refractivity contribution in [2.45, 2.75) is 20.0 Å². The molecule has 0 aliphatic carbocycles. The molecule has 1 atom stereocenters. The first kappa shape index (κ1) is 21.5. The van der Waals surface area contributed by atoms with Crippen LogP contribution < -0.4 is 15.4 Å². The standard InChI is InChI=1S/C10H16N4O2.2C2H4O2/c1-15-9-2-3-12-10(14-9)13-7-8-6-11-4-5-16-8;2*1-2(3)4/h2-3,8,11H,4-7H2,1H3,(H,12,13,14);2*1H3,(H,3,4). The van der Waals surface area contributed by atoms with E-state index in [0.717, 1.165) is 33.5 Å². The Morgan fingerprint density at radius 1 is 1.42 bits per heavy atom. The first-order valence-corrected chi connectivity index (χ1v) is 7.17. The highest BCUT2D eigenvalue weighted by molar-refractivity contribution is 5.63. The van der Waals surface area contributed by atoms with Crippen LogP contribution in [0.5, 0.6) is 5.88 Å². The molecule has 1 aliphatic rings. The highest BCUT2D eigenvalue weighted by Gasteiger charge is 2.13. The number of ether oxygens (including phenoxy) is 2. The molecule has 0 saturated carbocycles. The minimum Gasteiger partial charge on any atom is -0.481 e. The van der Waals surface area contributed by atoms with Crippen LogP contribution >= 0.6 is 0 Å². The van der Waals surface area contributed by atoms with E-state index in [0.29, 0.717) is 18.4 Å². The van der Waals surface area contributed by atoms with Crippen LogP contribution in [0.15, 0.2) is 12.3 Å². The van der Waals surface area contributed by atoms with Gasteiger partial charge >= 0.3 is 0 Å². The van der Waals surface area contributed by atoms with E-state index in [1.54, 1.807) is 19.4 Å². The summed E-state index contributed by atoms with van der Waals surface area (Å²) in [4.78, 5) is 26.2. The van der Waals surface area contributed by atoms with Gasteiger partial charge in [-0.25, -0.2) is 4.98 Å². The second-order valence-electron chi connectivity index (χ2n) is 4.54. The quantitative estimate of drug-likeness (QED) is 0.592. The van der Waals surface area contributed by atoms with E-state index in [-0.39, 0.29) is 6.10 Å². The van der Waals surface area contributed by atoms with Gasteiger partial charge in [-0.1, -0.05) is 0 Å². The average Bonchev–Trinajstić information content (AvgIpc) is 2.53. The van der Waals surface area contributed by atoms with Gasteiger partial charge in [-0.2, -0.15) is 4.98 Å². The van der Waals surface area contributed by atoms with Gasteiger partial charge in [0.05, 0.1) is 19.8 Å². The fourth-order valence-electron chi connectivity index (χ4n) is 1.50. The van der Waals surface area contributed by atoms with Gasteiger partial charge in [0.1, 0.15) is 0 Å². The van der Waals surface area contributed by atoms with Crippen LogP contribution in [0.4, 0.5) is 5.95 Å². The van der Waals surface area contributed by atoms with Gasteiger partial charge in [-0.15, -0.1) is 0 Å². The summed E-state index contributed by atoms with van der Waals surface area (Å²) in [6.07, 6.45) is 1.83. The average molecular weight is 344 g/mol. The van der Waals surface area contributed by atoms with Crippen LogP contribution in [0.2, 0.25) is 0 Å². The third-order valence-electron chi connectivity index (χ3n) is 2.33. The third kappa shape index (κ3) is 13.2. The Bertz CT molecular complexity index is 474. The zero-order chi connectivity index (χ0) is 18.4. The predicted octanol–water partition coefficient (Wildman–Crippen LogP) is 0.0673. The van der Waals surface area contributed by atoms with Crippen molar-refractivity contribution in [1.82, 2.24) is 15.3 Å². The highest BCUT2D eigenvalue weighted by Crippen LogP contribution is 2.07. The molecule has 2 heterocycles. The molecule has 1 saturated heterocycles. The summed E-state index contributed by atoms with van der Waals surface area (Å²) in [5, 5.41) is 21.2. The molecule has 10 heteroatoms. The normalized spacial score (nSPS) is 15.7. The highest BCUT2D eigenvalue weighted by atomic mass is 16.5. The number of nitrogens with one attached hydrogen (secondary N) is 2. The SMILES string of the molecule is CC(=O)O.CC(=O)O.COc1ccnc(NCC2CNCCO2)n1. The van der Waals surface area contributed by atoms with Gasteiger partial charge in [-0.3, -0.25) is 9.59 Å². The second kappa shape index (κ2) is 13.0. The van der Waals surface area contributed by atoms with E-state index in [9.17, 15) is 0 Å². The number of hydrogen-bond acceptors (Lipinski definition) is 8. The van der Waals surface area contributed by atoms with Crippen molar-refractivity contribution in [2.24, 2.45) is 0 Å². The molecule has 10 nitrogen and oxygen atoms in total. The van der Waals surface area contributed by atoms with Crippen molar-refractivity contribution >= 4 is 17.9 Å². The molecule has 1 fully saturated rings. The van der Waals surface area contributed by atoms with Crippen LogP contribution in [0, 0.1) is 0 Å². The molecule has 136 valence electrons. The van der Waals surface area contributed by atoms with Crippen molar-refractivity contribution in [1.29, 1.82) is 0 Å². The number of morpholine rings is 1. The Hall–Kier alpha value is -2.46. The number of carboxylic acid groups (broad SMARTS) is 2. The molecule has 1 unspecified atom stereocenters. The van der Waals surface area contributed by atoms with Gasteiger partial charge in [-0.05, 0) is 0 Å². The molecular weight excluding hydrogens is 320 g/mol. The summed E-state index contributed by atoms with van der Waals surface area (Å²) in [6.45, 7) is 5.40. The lowest BCUT2D eigenvalue weighted by Crippen LogP contribution is -2.42. The zero-order valence-electron chi connectivity index (χ0n) is 14.0. The maximum Gasteiger partial charge on any atom is 0.300 e. The van der Waals surface area contributed by atoms with Gasteiger partial charge < -0.3 is 30.3 Å². The molecule has 24 heavy (non-hydrogen) atoms. The Balaban J connectivity index is 0.000000558. The monoisotopic (exact) mass is 344 g/mol. The zero-order valence-corrected chi connectivity index (χ0v) is 14.0. The maximum atomic E-state index is 9.00. The Morgan fingerprint density at radius 2 is 2.04 bits per heavy atom. The first-order valence-electron chi connectivity index (χ1n) is 7.17. The van der Waals surface area contributed by atoms with E-state index in [1.165, 1.54) is 0 Å². The number of aromatic nitrogens is 2. The van der Waals surface area contributed by atoms with E-state index in [1.807, 2.05) is 0 Å². The molecular formula is C14H24N4O6. The van der Waals surface area contributed by atoms with Gasteiger partial charge in [0.2, 0.25) is 11.8 Å². The molecule has 0 radical (unpaired) electrons. The molecule has 2 rings (SSSR count). The molecule has 1 aromatic heterocycles. The van der Waals surface area contributed by atoms with Crippen LogP contribution in [-0.2, 0) is 14.3 Å². The van der Waals surface area contributed by atoms with Crippen LogP contribution in [0.25, 0.3) is 0 Å². The van der Waals surface area contributed by atoms with Crippen LogP contribution in [0.1, 0.15) is 13.8 Å². The molecule has 1 aromatic rings. The minimum atomic E-state index is -0.833. The first-order chi connectivity index (χ1) is 11.3. The molecule has 4 N–H and O–H groups in total.